The first-order valence-electron chi connectivity index (χ1n) is 6.08. The average Bonchev–Trinajstić information content (AvgIpc) is 3.04. The maximum absolute atomic E-state index is 3.37. The first-order valence-corrected chi connectivity index (χ1v) is 6.08. The van der Waals surface area contributed by atoms with E-state index in [-0.39, 0.29) is 0 Å². The lowest BCUT2D eigenvalue weighted by molar-refractivity contribution is 0.340. The smallest absolute Gasteiger partial charge is 0.00226 e. The predicted molar refractivity (Wildman–Crippen MR) is 63.1 cm³/mol. The lowest BCUT2D eigenvalue weighted by Crippen LogP contribution is -2.29. The van der Waals surface area contributed by atoms with E-state index in [1.807, 2.05) is 0 Å². The summed E-state index contributed by atoms with van der Waals surface area (Å²) in [6, 6.07) is 9.03. The van der Waals surface area contributed by atoms with Gasteiger partial charge in [-0.1, -0.05) is 24.3 Å². The van der Waals surface area contributed by atoms with E-state index in [0.717, 1.165) is 12.5 Å². The van der Waals surface area contributed by atoms with Crippen LogP contribution in [0.3, 0.4) is 0 Å². The number of hydrogen-bond acceptors (Lipinski definition) is 1. The molecule has 1 spiro atoms. The maximum Gasteiger partial charge on any atom is 0.00226 e. The second-order valence-corrected chi connectivity index (χ2v) is 5.17. The van der Waals surface area contributed by atoms with Crippen LogP contribution in [0.15, 0.2) is 24.3 Å². The molecule has 1 aromatic carbocycles. The molecule has 1 saturated carbocycles. The summed E-state index contributed by atoms with van der Waals surface area (Å²) in [6.07, 6.45) is 5.62. The highest BCUT2D eigenvalue weighted by molar-refractivity contribution is 5.37. The molecular weight excluding hydrogens is 182 g/mol. The minimum absolute atomic E-state index is 0.678. The number of benzene rings is 1. The van der Waals surface area contributed by atoms with Crippen LogP contribution in [0.2, 0.25) is 0 Å². The van der Waals surface area contributed by atoms with Crippen molar-refractivity contribution in [2.24, 2.45) is 5.41 Å². The Morgan fingerprint density at radius 1 is 1.27 bits per heavy atom. The van der Waals surface area contributed by atoms with Gasteiger partial charge in [-0.15, -0.1) is 0 Å². The van der Waals surface area contributed by atoms with Crippen molar-refractivity contribution >= 4 is 0 Å². The van der Waals surface area contributed by atoms with E-state index in [1.165, 1.54) is 25.7 Å². The first-order chi connectivity index (χ1) is 7.36. The third kappa shape index (κ3) is 1.41. The summed E-state index contributed by atoms with van der Waals surface area (Å²) < 4.78 is 0. The molecular formula is C14H19N. The van der Waals surface area contributed by atoms with Gasteiger partial charge in [-0.25, -0.2) is 0 Å². The van der Waals surface area contributed by atoms with Crippen molar-refractivity contribution in [1.82, 2.24) is 5.32 Å². The van der Waals surface area contributed by atoms with Gasteiger partial charge in [0.05, 0.1) is 0 Å². The van der Waals surface area contributed by atoms with E-state index in [0.29, 0.717) is 5.41 Å². The Labute approximate surface area is 91.9 Å². The van der Waals surface area contributed by atoms with E-state index in [9.17, 15) is 0 Å². The molecule has 1 N–H and O–H groups in total. The average molecular weight is 201 g/mol. The van der Waals surface area contributed by atoms with E-state index in [2.05, 4.69) is 36.6 Å². The fraction of sp³-hybridized carbons (Fsp3) is 0.571. The topological polar surface area (TPSA) is 12.0 Å². The molecule has 15 heavy (non-hydrogen) atoms. The number of nitrogens with one attached hydrogen (secondary N) is 1. The van der Waals surface area contributed by atoms with Crippen LogP contribution in [0.5, 0.6) is 0 Å². The molecule has 0 aromatic heterocycles. The molecule has 1 fully saturated rings. The minimum Gasteiger partial charge on any atom is -0.319 e. The Bertz CT molecular complexity index is 365. The van der Waals surface area contributed by atoms with Gasteiger partial charge in [0, 0.05) is 12.5 Å². The van der Waals surface area contributed by atoms with E-state index in [4.69, 9.17) is 0 Å². The Morgan fingerprint density at radius 2 is 2.07 bits per heavy atom. The largest absolute Gasteiger partial charge is 0.319 e. The van der Waals surface area contributed by atoms with Gasteiger partial charge in [-0.3, -0.25) is 0 Å². The van der Waals surface area contributed by atoms with Crippen molar-refractivity contribution in [2.45, 2.75) is 31.6 Å². The number of rotatable bonds is 2. The molecule has 1 atom stereocenters. The lowest BCUT2D eigenvalue weighted by atomic mass is 9.72. The van der Waals surface area contributed by atoms with Crippen LogP contribution in [0.4, 0.5) is 0 Å². The minimum atomic E-state index is 0.678. The quantitative estimate of drug-likeness (QED) is 0.775. The van der Waals surface area contributed by atoms with Gasteiger partial charge in [0.2, 0.25) is 0 Å². The summed E-state index contributed by atoms with van der Waals surface area (Å²) in [7, 11) is 2.08. The fourth-order valence-electron chi connectivity index (χ4n) is 3.28. The van der Waals surface area contributed by atoms with Gasteiger partial charge in [0.15, 0.2) is 0 Å². The van der Waals surface area contributed by atoms with Crippen LogP contribution < -0.4 is 5.32 Å². The van der Waals surface area contributed by atoms with Crippen molar-refractivity contribution < 1.29 is 0 Å². The monoisotopic (exact) mass is 201 g/mol. The van der Waals surface area contributed by atoms with Crippen LogP contribution >= 0.6 is 0 Å². The summed E-state index contributed by atoms with van der Waals surface area (Å²) in [5.74, 6) is 0.771. The number of aryl methyl sites for hydroxylation is 1. The summed E-state index contributed by atoms with van der Waals surface area (Å²) in [5, 5.41) is 3.37. The van der Waals surface area contributed by atoms with E-state index >= 15 is 0 Å². The molecule has 1 heteroatoms. The van der Waals surface area contributed by atoms with Crippen LogP contribution in [0.1, 0.15) is 36.3 Å². The molecule has 0 bridgehead atoms. The third-order valence-electron chi connectivity index (χ3n) is 4.36. The zero-order valence-corrected chi connectivity index (χ0v) is 9.42. The van der Waals surface area contributed by atoms with Crippen molar-refractivity contribution in [3.63, 3.8) is 0 Å². The van der Waals surface area contributed by atoms with Crippen LogP contribution in [0.25, 0.3) is 0 Å². The molecule has 2 aliphatic rings. The molecule has 0 amide bonds. The highest BCUT2D eigenvalue weighted by atomic mass is 14.8. The van der Waals surface area contributed by atoms with Crippen LogP contribution in [-0.4, -0.2) is 13.6 Å². The van der Waals surface area contributed by atoms with Gasteiger partial charge in [0.25, 0.3) is 0 Å². The summed E-state index contributed by atoms with van der Waals surface area (Å²) in [4.78, 5) is 0. The van der Waals surface area contributed by atoms with Gasteiger partial charge in [-0.05, 0) is 49.3 Å². The van der Waals surface area contributed by atoms with Gasteiger partial charge in [0.1, 0.15) is 0 Å². The highest BCUT2D eigenvalue weighted by Crippen LogP contribution is 2.61. The normalized spacial score (nSPS) is 26.3. The molecule has 1 unspecified atom stereocenters. The summed E-state index contributed by atoms with van der Waals surface area (Å²) in [6.45, 7) is 1.15. The van der Waals surface area contributed by atoms with Gasteiger partial charge < -0.3 is 5.32 Å². The molecule has 1 nitrogen and oxygen atoms in total. The second kappa shape index (κ2) is 3.34. The predicted octanol–water partition coefficient (Wildman–Crippen LogP) is 2.72. The fourth-order valence-corrected chi connectivity index (χ4v) is 3.28. The summed E-state index contributed by atoms with van der Waals surface area (Å²) in [5.41, 5.74) is 3.89. The Morgan fingerprint density at radius 3 is 2.80 bits per heavy atom. The zero-order valence-electron chi connectivity index (χ0n) is 9.42. The van der Waals surface area contributed by atoms with Crippen molar-refractivity contribution in [3.05, 3.63) is 35.4 Å². The molecule has 3 rings (SSSR count). The Hall–Kier alpha value is -0.820. The number of hydrogen-bond donors (Lipinski definition) is 1. The van der Waals surface area contributed by atoms with Crippen LogP contribution in [-0.2, 0) is 6.42 Å². The van der Waals surface area contributed by atoms with Crippen molar-refractivity contribution in [2.75, 3.05) is 13.6 Å². The zero-order chi connectivity index (χ0) is 10.3. The Balaban J connectivity index is 2.00. The molecule has 80 valence electrons. The molecule has 0 heterocycles. The van der Waals surface area contributed by atoms with Crippen molar-refractivity contribution in [1.29, 1.82) is 0 Å². The SMILES string of the molecule is CNCC1c2ccccc2CCC12CC2. The standard InChI is InChI=1S/C14H19N/c1-15-10-13-12-5-3-2-4-11(12)6-7-14(13)8-9-14/h2-5,13,15H,6-10H2,1H3. The second-order valence-electron chi connectivity index (χ2n) is 5.17. The van der Waals surface area contributed by atoms with Gasteiger partial charge in [-0.2, -0.15) is 0 Å². The van der Waals surface area contributed by atoms with Gasteiger partial charge >= 0.3 is 0 Å². The van der Waals surface area contributed by atoms with E-state index < -0.39 is 0 Å². The first kappa shape index (κ1) is 9.41. The lowest BCUT2D eigenvalue weighted by Gasteiger charge is -2.34. The van der Waals surface area contributed by atoms with Crippen LogP contribution in [0, 0.1) is 5.41 Å². The van der Waals surface area contributed by atoms with E-state index in [1.54, 1.807) is 11.1 Å². The third-order valence-corrected chi connectivity index (χ3v) is 4.36. The molecule has 0 saturated heterocycles. The van der Waals surface area contributed by atoms with Crippen molar-refractivity contribution in [3.8, 4) is 0 Å². The summed E-state index contributed by atoms with van der Waals surface area (Å²) >= 11 is 0. The highest BCUT2D eigenvalue weighted by Gasteiger charge is 2.51. The molecule has 2 aliphatic carbocycles. The number of likely N-dealkylation sites (N-methyl/N-ethyl adjacent to an activating group) is 1. The maximum atomic E-state index is 3.37. The molecule has 0 aliphatic heterocycles. The molecule has 0 radical (unpaired) electrons. The number of fused-ring (bicyclic) bond motifs is 1. The molecule has 1 aromatic rings. The Kier molecular flexibility index (Phi) is 2.10.